The Morgan fingerprint density at radius 3 is 2.67 bits per heavy atom. The number of hydrogen-bond acceptors (Lipinski definition) is 4. The number of anilines is 1. The average Bonchev–Trinajstić information content (AvgIpc) is 2.52. The number of rotatable bonds is 5. The number of likely N-dealkylation sites (N-methyl/N-ethyl adjacent to an activating group) is 2. The molecular weight excluding hydrogens is 345 g/mol. The largest absolute Gasteiger partial charge is 0.485 e. The van der Waals surface area contributed by atoms with E-state index in [0.29, 0.717) is 10.3 Å². The van der Waals surface area contributed by atoms with Crippen LogP contribution in [0.1, 0.15) is 12.5 Å². The van der Waals surface area contributed by atoms with Gasteiger partial charge in [-0.05, 0) is 43.8 Å². The maximum absolute atomic E-state index is 6.17. The van der Waals surface area contributed by atoms with Crippen LogP contribution in [0.25, 0.3) is 0 Å². The number of ether oxygens (including phenoxy) is 1. The zero-order chi connectivity index (χ0) is 17.1. The second kappa shape index (κ2) is 7.60. The maximum Gasteiger partial charge on any atom is 0.143 e. The van der Waals surface area contributed by atoms with Gasteiger partial charge < -0.3 is 9.64 Å². The summed E-state index contributed by atoms with van der Waals surface area (Å²) in [6, 6.07) is 11.9. The molecule has 0 radical (unpaired) electrons. The van der Waals surface area contributed by atoms with E-state index in [1.807, 2.05) is 30.3 Å². The summed E-state index contributed by atoms with van der Waals surface area (Å²) in [4.78, 5) is 8.56. The molecule has 0 bridgehead atoms. The molecule has 0 aliphatic carbocycles. The van der Waals surface area contributed by atoms with Gasteiger partial charge in [0.2, 0.25) is 0 Å². The molecule has 0 fully saturated rings. The number of fused-ring (bicyclic) bond motifs is 1. The summed E-state index contributed by atoms with van der Waals surface area (Å²) in [5.41, 5.74) is 2.22. The Morgan fingerprint density at radius 1 is 1.25 bits per heavy atom. The van der Waals surface area contributed by atoms with Crippen molar-refractivity contribution in [3.05, 3.63) is 52.3 Å². The molecule has 128 valence electrons. The highest BCUT2D eigenvalue weighted by atomic mass is 35.5. The molecular formula is C18H21Cl2N3O. The minimum atomic E-state index is 0.123. The monoisotopic (exact) mass is 365 g/mol. The lowest BCUT2D eigenvalue weighted by molar-refractivity contribution is 0.140. The fourth-order valence-corrected chi connectivity index (χ4v) is 3.61. The van der Waals surface area contributed by atoms with Crippen LogP contribution < -0.4 is 9.64 Å². The third-order valence-electron chi connectivity index (χ3n) is 4.10. The van der Waals surface area contributed by atoms with E-state index in [9.17, 15) is 0 Å². The van der Waals surface area contributed by atoms with Crippen LogP contribution in [0.2, 0.25) is 10.3 Å². The van der Waals surface area contributed by atoms with Crippen LogP contribution in [-0.4, -0.2) is 42.7 Å². The number of halogens is 2. The normalized spacial score (nSPS) is 16.9. The minimum absolute atomic E-state index is 0.123. The summed E-state index contributed by atoms with van der Waals surface area (Å²) < 4.78 is 6.17. The van der Waals surface area contributed by atoms with Crippen molar-refractivity contribution in [3.8, 4) is 5.75 Å². The molecule has 0 saturated heterocycles. The molecule has 1 aromatic heterocycles. The summed E-state index contributed by atoms with van der Waals surface area (Å²) in [5, 5.41) is 0.844. The molecule has 0 saturated carbocycles. The summed E-state index contributed by atoms with van der Waals surface area (Å²) in [5.74, 6) is 0.957. The van der Waals surface area contributed by atoms with Crippen LogP contribution >= 0.6 is 23.2 Å². The van der Waals surface area contributed by atoms with Gasteiger partial charge >= 0.3 is 0 Å². The van der Waals surface area contributed by atoms with Crippen molar-refractivity contribution < 1.29 is 4.74 Å². The number of aromatic nitrogens is 1. The van der Waals surface area contributed by atoms with Gasteiger partial charge in [-0.2, -0.15) is 0 Å². The Kier molecular flexibility index (Phi) is 5.49. The van der Waals surface area contributed by atoms with Crippen LogP contribution in [0, 0.1) is 0 Å². The molecule has 1 unspecified atom stereocenters. The predicted molar refractivity (Wildman–Crippen MR) is 99.3 cm³/mol. The molecule has 4 nitrogen and oxygen atoms in total. The van der Waals surface area contributed by atoms with Crippen molar-refractivity contribution in [1.29, 1.82) is 0 Å². The number of benzene rings is 1. The van der Waals surface area contributed by atoms with E-state index in [1.54, 1.807) is 0 Å². The van der Waals surface area contributed by atoms with E-state index in [0.717, 1.165) is 37.5 Å². The van der Waals surface area contributed by atoms with Crippen molar-refractivity contribution in [2.75, 3.05) is 31.6 Å². The van der Waals surface area contributed by atoms with Crippen molar-refractivity contribution in [1.82, 2.24) is 9.88 Å². The second-order valence-electron chi connectivity index (χ2n) is 6.06. The van der Waals surface area contributed by atoms with E-state index in [4.69, 9.17) is 27.9 Å². The molecule has 2 heterocycles. The lowest BCUT2D eigenvalue weighted by Crippen LogP contribution is -2.45. The van der Waals surface area contributed by atoms with Gasteiger partial charge in [0.05, 0.1) is 12.2 Å². The highest BCUT2D eigenvalue weighted by Gasteiger charge is 2.25. The molecule has 3 rings (SSSR count). The van der Waals surface area contributed by atoms with Gasteiger partial charge in [0.15, 0.2) is 0 Å². The minimum Gasteiger partial charge on any atom is -0.485 e. The smallest absolute Gasteiger partial charge is 0.143 e. The molecule has 2 aromatic rings. The lowest BCUT2D eigenvalue weighted by Gasteiger charge is -2.37. The fraction of sp³-hybridized carbons (Fsp3) is 0.389. The van der Waals surface area contributed by atoms with E-state index < -0.39 is 0 Å². The van der Waals surface area contributed by atoms with Gasteiger partial charge in [0, 0.05) is 19.6 Å². The van der Waals surface area contributed by atoms with Gasteiger partial charge in [0.25, 0.3) is 0 Å². The van der Waals surface area contributed by atoms with Crippen molar-refractivity contribution in [2.45, 2.75) is 19.6 Å². The molecule has 0 amide bonds. The summed E-state index contributed by atoms with van der Waals surface area (Å²) in [7, 11) is 2.07. The zero-order valence-corrected chi connectivity index (χ0v) is 15.4. The van der Waals surface area contributed by atoms with Crippen LogP contribution in [0.5, 0.6) is 5.75 Å². The molecule has 24 heavy (non-hydrogen) atoms. The molecule has 6 heteroatoms. The first-order chi connectivity index (χ1) is 11.5. The molecule has 1 aliphatic rings. The average molecular weight is 366 g/mol. The summed E-state index contributed by atoms with van der Waals surface area (Å²) in [6.07, 6.45) is 0.123. The molecule has 1 aromatic carbocycles. The van der Waals surface area contributed by atoms with E-state index in [1.165, 1.54) is 5.69 Å². The SMILES string of the molecule is CCN1CC(CN(C)Cc2cc(Cl)nc(Cl)c2)Oc2ccccc21. The predicted octanol–water partition coefficient (Wildman–Crippen LogP) is 4.11. The van der Waals surface area contributed by atoms with Crippen LogP contribution in [0.15, 0.2) is 36.4 Å². The van der Waals surface area contributed by atoms with Gasteiger partial charge in [-0.15, -0.1) is 0 Å². The van der Waals surface area contributed by atoms with Crippen molar-refractivity contribution in [3.63, 3.8) is 0 Å². The quantitative estimate of drug-likeness (QED) is 0.745. The standard InChI is InChI=1S/C18H21Cl2N3O/c1-3-23-12-14(24-16-7-5-4-6-15(16)23)11-22(2)10-13-8-17(19)21-18(20)9-13/h4-9,14H,3,10-12H2,1-2H3. The fourth-order valence-electron chi connectivity index (χ4n) is 3.10. The lowest BCUT2D eigenvalue weighted by atomic mass is 10.1. The van der Waals surface area contributed by atoms with Crippen molar-refractivity contribution >= 4 is 28.9 Å². The second-order valence-corrected chi connectivity index (χ2v) is 6.84. The number of hydrogen-bond donors (Lipinski definition) is 0. The van der Waals surface area contributed by atoms with Gasteiger partial charge in [-0.25, -0.2) is 4.98 Å². The summed E-state index contributed by atoms with van der Waals surface area (Å²) in [6.45, 7) is 5.59. The number of nitrogens with zero attached hydrogens (tertiary/aromatic N) is 3. The summed E-state index contributed by atoms with van der Waals surface area (Å²) >= 11 is 11.9. The Hall–Kier alpha value is -1.49. The Morgan fingerprint density at radius 2 is 1.96 bits per heavy atom. The Bertz CT molecular complexity index is 690. The third kappa shape index (κ3) is 4.12. The maximum atomic E-state index is 6.17. The molecule has 0 N–H and O–H groups in total. The number of para-hydroxylation sites is 2. The Labute approximate surface area is 152 Å². The van der Waals surface area contributed by atoms with Crippen molar-refractivity contribution in [2.24, 2.45) is 0 Å². The molecule has 1 aliphatic heterocycles. The van der Waals surface area contributed by atoms with E-state index in [2.05, 4.69) is 34.8 Å². The highest BCUT2D eigenvalue weighted by molar-refractivity contribution is 6.32. The first-order valence-corrected chi connectivity index (χ1v) is 8.82. The Balaban J connectivity index is 1.65. The molecule has 0 spiro atoms. The van der Waals surface area contributed by atoms with Gasteiger partial charge in [0.1, 0.15) is 22.2 Å². The van der Waals surface area contributed by atoms with E-state index in [-0.39, 0.29) is 6.10 Å². The van der Waals surface area contributed by atoms with Gasteiger partial charge in [-0.3, -0.25) is 4.90 Å². The van der Waals surface area contributed by atoms with Crippen LogP contribution in [0.4, 0.5) is 5.69 Å². The van der Waals surface area contributed by atoms with E-state index >= 15 is 0 Å². The first-order valence-electron chi connectivity index (χ1n) is 8.06. The molecule has 1 atom stereocenters. The topological polar surface area (TPSA) is 28.6 Å². The van der Waals surface area contributed by atoms with Gasteiger partial charge in [-0.1, -0.05) is 35.3 Å². The number of pyridine rings is 1. The highest BCUT2D eigenvalue weighted by Crippen LogP contribution is 2.32. The zero-order valence-electron chi connectivity index (χ0n) is 13.9. The van der Waals surface area contributed by atoms with Crippen LogP contribution in [0.3, 0.4) is 0 Å². The third-order valence-corrected chi connectivity index (χ3v) is 4.48. The first kappa shape index (κ1) is 17.3. The van der Waals surface area contributed by atoms with Crippen LogP contribution in [-0.2, 0) is 6.54 Å².